The molecule has 2 aromatic heterocycles. The highest BCUT2D eigenvalue weighted by molar-refractivity contribution is 6.06. The SMILES string of the molecule is Cc1noc2nc(C(C)C)cc(C(=O)NC[C@@H]3CCCN4CCCC[C@H]34)c12. The van der Waals surface area contributed by atoms with Crippen molar-refractivity contribution in [2.45, 2.75) is 64.8 Å². The Morgan fingerprint density at radius 1 is 1.30 bits per heavy atom. The van der Waals surface area contributed by atoms with Crippen LogP contribution in [0.25, 0.3) is 11.1 Å². The molecule has 0 aromatic carbocycles. The molecule has 0 bridgehead atoms. The summed E-state index contributed by atoms with van der Waals surface area (Å²) in [6.45, 7) is 9.18. The number of rotatable bonds is 4. The first-order chi connectivity index (χ1) is 13.0. The minimum Gasteiger partial charge on any atom is -0.352 e. The van der Waals surface area contributed by atoms with Crippen LogP contribution < -0.4 is 5.32 Å². The lowest BCUT2D eigenvalue weighted by atomic mass is 9.83. The van der Waals surface area contributed by atoms with Gasteiger partial charge in [-0.15, -0.1) is 0 Å². The van der Waals surface area contributed by atoms with Gasteiger partial charge in [0.25, 0.3) is 11.6 Å². The van der Waals surface area contributed by atoms with E-state index in [4.69, 9.17) is 4.52 Å². The summed E-state index contributed by atoms with van der Waals surface area (Å²) in [7, 11) is 0. The fraction of sp³-hybridized carbons (Fsp3) is 0.667. The quantitative estimate of drug-likeness (QED) is 0.889. The Balaban J connectivity index is 1.53. The van der Waals surface area contributed by atoms with Crippen LogP contribution in [0.3, 0.4) is 0 Å². The smallest absolute Gasteiger partial charge is 0.259 e. The molecule has 1 amide bonds. The molecule has 0 aliphatic carbocycles. The van der Waals surface area contributed by atoms with Crippen LogP contribution >= 0.6 is 0 Å². The van der Waals surface area contributed by atoms with E-state index in [1.807, 2.05) is 13.0 Å². The number of nitrogens with zero attached hydrogens (tertiary/aromatic N) is 3. The number of carbonyl (C=O) groups is 1. The van der Waals surface area contributed by atoms with Crippen molar-refractivity contribution in [3.63, 3.8) is 0 Å². The van der Waals surface area contributed by atoms with Crippen molar-refractivity contribution in [2.24, 2.45) is 5.92 Å². The highest BCUT2D eigenvalue weighted by Gasteiger charge is 2.33. The van der Waals surface area contributed by atoms with Crippen molar-refractivity contribution in [3.05, 3.63) is 23.0 Å². The number of amides is 1. The number of hydrogen-bond donors (Lipinski definition) is 1. The van der Waals surface area contributed by atoms with Gasteiger partial charge in [-0.3, -0.25) is 4.79 Å². The van der Waals surface area contributed by atoms with E-state index >= 15 is 0 Å². The summed E-state index contributed by atoms with van der Waals surface area (Å²) in [5.41, 5.74) is 2.67. The van der Waals surface area contributed by atoms with Gasteiger partial charge in [0, 0.05) is 18.3 Å². The van der Waals surface area contributed by atoms with E-state index < -0.39 is 0 Å². The molecule has 1 N–H and O–H groups in total. The molecule has 146 valence electrons. The second-order valence-corrected chi connectivity index (χ2v) is 8.41. The number of aromatic nitrogens is 2. The van der Waals surface area contributed by atoms with Crippen LogP contribution in [-0.4, -0.2) is 46.6 Å². The van der Waals surface area contributed by atoms with Crippen molar-refractivity contribution in [2.75, 3.05) is 19.6 Å². The molecule has 2 aliphatic rings. The maximum atomic E-state index is 13.1. The normalized spacial score (nSPS) is 23.6. The number of hydrogen-bond acceptors (Lipinski definition) is 5. The highest BCUT2D eigenvalue weighted by atomic mass is 16.5. The Bertz CT molecular complexity index is 827. The largest absolute Gasteiger partial charge is 0.352 e. The fourth-order valence-corrected chi connectivity index (χ4v) is 4.72. The minimum absolute atomic E-state index is 0.0384. The monoisotopic (exact) mass is 370 g/mol. The molecule has 6 heteroatoms. The Labute approximate surface area is 160 Å². The first kappa shape index (κ1) is 18.4. The summed E-state index contributed by atoms with van der Waals surface area (Å²) in [5.74, 6) is 0.734. The predicted molar refractivity (Wildman–Crippen MR) is 105 cm³/mol. The van der Waals surface area contributed by atoms with E-state index in [1.165, 1.54) is 45.2 Å². The molecule has 6 nitrogen and oxygen atoms in total. The lowest BCUT2D eigenvalue weighted by Gasteiger charge is -2.44. The molecule has 0 saturated carbocycles. The molecule has 0 unspecified atom stereocenters. The molecule has 2 atom stereocenters. The van der Waals surface area contributed by atoms with Crippen LogP contribution in [0.15, 0.2) is 10.6 Å². The zero-order chi connectivity index (χ0) is 19.0. The highest BCUT2D eigenvalue weighted by Crippen LogP contribution is 2.31. The summed E-state index contributed by atoms with van der Waals surface area (Å²) in [4.78, 5) is 20.2. The first-order valence-electron chi connectivity index (χ1n) is 10.3. The van der Waals surface area contributed by atoms with E-state index in [-0.39, 0.29) is 11.8 Å². The summed E-state index contributed by atoms with van der Waals surface area (Å²) in [6.07, 6.45) is 6.33. The molecular weight excluding hydrogens is 340 g/mol. The number of aryl methyl sites for hydroxylation is 1. The van der Waals surface area contributed by atoms with Gasteiger partial charge in [-0.05, 0) is 63.6 Å². The van der Waals surface area contributed by atoms with Crippen LogP contribution in [-0.2, 0) is 0 Å². The lowest BCUT2D eigenvalue weighted by molar-refractivity contribution is 0.0576. The van der Waals surface area contributed by atoms with Crippen LogP contribution in [0.1, 0.15) is 73.6 Å². The van der Waals surface area contributed by atoms with Gasteiger partial charge >= 0.3 is 0 Å². The zero-order valence-corrected chi connectivity index (χ0v) is 16.6. The molecule has 2 aromatic rings. The predicted octanol–water partition coefficient (Wildman–Crippen LogP) is 3.65. The second kappa shape index (κ2) is 7.58. The van der Waals surface area contributed by atoms with Crippen molar-refractivity contribution in [1.29, 1.82) is 0 Å². The molecular formula is C21H30N4O2. The number of carbonyl (C=O) groups excluding carboxylic acids is 1. The van der Waals surface area contributed by atoms with E-state index in [0.717, 1.165) is 17.6 Å². The van der Waals surface area contributed by atoms with Gasteiger partial charge in [0.05, 0.1) is 16.6 Å². The van der Waals surface area contributed by atoms with Crippen molar-refractivity contribution < 1.29 is 9.32 Å². The van der Waals surface area contributed by atoms with Gasteiger partial charge < -0.3 is 14.7 Å². The molecule has 4 rings (SSSR count). The Morgan fingerprint density at radius 3 is 2.93 bits per heavy atom. The Kier molecular flexibility index (Phi) is 5.17. The van der Waals surface area contributed by atoms with E-state index in [1.54, 1.807) is 0 Å². The number of pyridine rings is 1. The number of piperidine rings is 2. The summed E-state index contributed by atoms with van der Waals surface area (Å²) in [6, 6.07) is 2.54. The molecule has 2 fully saturated rings. The third kappa shape index (κ3) is 3.59. The van der Waals surface area contributed by atoms with E-state index in [2.05, 4.69) is 34.2 Å². The third-order valence-corrected chi connectivity index (χ3v) is 6.23. The number of fused-ring (bicyclic) bond motifs is 2. The second-order valence-electron chi connectivity index (χ2n) is 8.41. The van der Waals surface area contributed by atoms with Gasteiger partial charge in [-0.25, -0.2) is 4.98 Å². The average molecular weight is 370 g/mol. The minimum atomic E-state index is -0.0384. The van der Waals surface area contributed by atoms with Crippen molar-refractivity contribution in [1.82, 2.24) is 20.4 Å². The Morgan fingerprint density at radius 2 is 2.11 bits per heavy atom. The molecule has 0 radical (unpaired) electrons. The van der Waals surface area contributed by atoms with Crippen LogP contribution in [0, 0.1) is 12.8 Å². The molecule has 2 saturated heterocycles. The summed E-state index contributed by atoms with van der Waals surface area (Å²) < 4.78 is 5.35. The first-order valence-corrected chi connectivity index (χ1v) is 10.3. The summed E-state index contributed by atoms with van der Waals surface area (Å²) in [5, 5.41) is 7.97. The summed E-state index contributed by atoms with van der Waals surface area (Å²) >= 11 is 0. The van der Waals surface area contributed by atoms with Gasteiger partial charge in [0.2, 0.25) is 0 Å². The van der Waals surface area contributed by atoms with Crippen molar-refractivity contribution >= 4 is 17.0 Å². The zero-order valence-electron chi connectivity index (χ0n) is 16.6. The van der Waals surface area contributed by atoms with Gasteiger partial charge in [-0.1, -0.05) is 25.4 Å². The standard InChI is InChI=1S/C21H30N4O2/c1-13(2)17-11-16(19-14(3)24-27-21(19)23-17)20(26)22-12-15-7-6-10-25-9-5-4-8-18(15)25/h11,13,15,18H,4-10,12H2,1-3H3,(H,22,26)/t15-,18+/m0/s1. The van der Waals surface area contributed by atoms with Gasteiger partial charge in [-0.2, -0.15) is 0 Å². The average Bonchev–Trinajstić information content (AvgIpc) is 3.06. The van der Waals surface area contributed by atoms with Crippen LogP contribution in [0.2, 0.25) is 0 Å². The van der Waals surface area contributed by atoms with Crippen LogP contribution in [0.5, 0.6) is 0 Å². The topological polar surface area (TPSA) is 71.3 Å². The fourth-order valence-electron chi connectivity index (χ4n) is 4.72. The molecule has 0 spiro atoms. The van der Waals surface area contributed by atoms with Crippen molar-refractivity contribution in [3.8, 4) is 0 Å². The molecule has 27 heavy (non-hydrogen) atoms. The third-order valence-electron chi connectivity index (χ3n) is 6.23. The maximum Gasteiger partial charge on any atom is 0.259 e. The van der Waals surface area contributed by atoms with Crippen LogP contribution in [0.4, 0.5) is 0 Å². The molecule has 4 heterocycles. The van der Waals surface area contributed by atoms with E-state index in [9.17, 15) is 4.79 Å². The number of nitrogens with one attached hydrogen (secondary N) is 1. The van der Waals surface area contributed by atoms with Gasteiger partial charge in [0.1, 0.15) is 0 Å². The maximum absolute atomic E-state index is 13.1. The Hall–Kier alpha value is -1.95. The van der Waals surface area contributed by atoms with E-state index in [0.29, 0.717) is 28.9 Å². The lowest BCUT2D eigenvalue weighted by Crippen LogP contribution is -2.51. The van der Waals surface area contributed by atoms with Gasteiger partial charge in [0.15, 0.2) is 0 Å². The molecule has 2 aliphatic heterocycles.